The first kappa shape index (κ1) is 21.6. The highest BCUT2D eigenvalue weighted by Gasteiger charge is 2.23. The molecule has 0 aliphatic carbocycles. The van der Waals surface area contributed by atoms with Crippen molar-refractivity contribution in [2.45, 2.75) is 20.8 Å². The number of carbonyl (C=O) groups is 1. The zero-order valence-corrected chi connectivity index (χ0v) is 19.0. The molecule has 1 aliphatic heterocycles. The van der Waals surface area contributed by atoms with Gasteiger partial charge in [-0.05, 0) is 67.8 Å². The third-order valence-corrected chi connectivity index (χ3v) is 5.78. The van der Waals surface area contributed by atoms with Gasteiger partial charge in [0.05, 0.1) is 5.69 Å². The largest absolute Gasteiger partial charge is 0.368 e. The van der Waals surface area contributed by atoms with Crippen LogP contribution in [0.15, 0.2) is 77.8 Å². The van der Waals surface area contributed by atoms with E-state index in [0.29, 0.717) is 11.5 Å². The molecule has 1 amide bonds. The molecule has 0 bridgehead atoms. The molecule has 164 valence electrons. The highest BCUT2D eigenvalue weighted by atomic mass is 16.1. The predicted molar refractivity (Wildman–Crippen MR) is 132 cm³/mol. The van der Waals surface area contributed by atoms with Crippen LogP contribution in [-0.4, -0.2) is 42.9 Å². The van der Waals surface area contributed by atoms with Crippen LogP contribution in [0.2, 0.25) is 0 Å². The summed E-state index contributed by atoms with van der Waals surface area (Å²) in [6.45, 7) is 9.65. The molecule has 3 aromatic carbocycles. The minimum atomic E-state index is -0.144. The molecule has 5 nitrogen and oxygen atoms in total. The lowest BCUT2D eigenvalue weighted by molar-refractivity contribution is 0.0972. The quantitative estimate of drug-likeness (QED) is 0.481. The van der Waals surface area contributed by atoms with E-state index in [4.69, 9.17) is 4.99 Å². The van der Waals surface area contributed by atoms with Crippen LogP contribution < -0.4 is 10.2 Å². The van der Waals surface area contributed by atoms with Gasteiger partial charge in [-0.1, -0.05) is 42.5 Å². The highest BCUT2D eigenvalue weighted by Crippen LogP contribution is 2.23. The molecule has 0 aromatic heterocycles. The third-order valence-electron chi connectivity index (χ3n) is 5.78. The molecular formula is C27H30N4O. The van der Waals surface area contributed by atoms with Crippen molar-refractivity contribution < 1.29 is 4.79 Å². The topological polar surface area (TPSA) is 47.9 Å². The van der Waals surface area contributed by atoms with E-state index in [1.54, 1.807) is 0 Å². The van der Waals surface area contributed by atoms with Crippen LogP contribution in [-0.2, 0) is 0 Å². The molecule has 0 saturated carbocycles. The van der Waals surface area contributed by atoms with Crippen LogP contribution in [0.25, 0.3) is 0 Å². The first-order valence-electron chi connectivity index (χ1n) is 11.1. The molecule has 0 spiro atoms. The van der Waals surface area contributed by atoms with Crippen LogP contribution in [0.4, 0.5) is 11.4 Å². The fourth-order valence-corrected chi connectivity index (χ4v) is 3.98. The zero-order chi connectivity index (χ0) is 22.5. The van der Waals surface area contributed by atoms with Gasteiger partial charge in [0.25, 0.3) is 5.91 Å². The smallest absolute Gasteiger partial charge is 0.257 e. The van der Waals surface area contributed by atoms with Gasteiger partial charge in [-0.2, -0.15) is 0 Å². The number of rotatable bonds is 3. The number of aliphatic imine (C=N–C) groups is 1. The standard InChI is InChI=1S/C27H30N4O/c1-20-8-7-11-24(18-20)28-27(29-26(32)23-9-5-4-6-10-23)31-16-14-30(15-17-31)25-19-21(2)12-13-22(25)3/h4-13,18-19H,14-17H2,1-3H3,(H,28,29,32). The van der Waals surface area contributed by atoms with E-state index in [1.165, 1.54) is 16.8 Å². The van der Waals surface area contributed by atoms with Crippen molar-refractivity contribution in [3.8, 4) is 0 Å². The van der Waals surface area contributed by atoms with Crippen molar-refractivity contribution in [3.05, 3.63) is 95.1 Å². The molecule has 1 fully saturated rings. The van der Waals surface area contributed by atoms with E-state index in [-0.39, 0.29) is 5.91 Å². The zero-order valence-electron chi connectivity index (χ0n) is 19.0. The van der Waals surface area contributed by atoms with Crippen LogP contribution in [0.3, 0.4) is 0 Å². The average molecular weight is 427 g/mol. The first-order valence-corrected chi connectivity index (χ1v) is 11.1. The molecule has 1 saturated heterocycles. The lowest BCUT2D eigenvalue weighted by Gasteiger charge is -2.38. The number of benzene rings is 3. The highest BCUT2D eigenvalue weighted by molar-refractivity contribution is 6.06. The summed E-state index contributed by atoms with van der Waals surface area (Å²) in [6, 6.07) is 23.9. The maximum atomic E-state index is 12.9. The Hall–Kier alpha value is -3.60. The lowest BCUT2D eigenvalue weighted by atomic mass is 10.1. The number of nitrogens with one attached hydrogen (secondary N) is 1. The minimum absolute atomic E-state index is 0.144. The van der Waals surface area contributed by atoms with Crippen LogP contribution in [0.5, 0.6) is 0 Å². The minimum Gasteiger partial charge on any atom is -0.368 e. The Morgan fingerprint density at radius 2 is 1.53 bits per heavy atom. The van der Waals surface area contributed by atoms with Crippen molar-refractivity contribution in [3.63, 3.8) is 0 Å². The summed E-state index contributed by atoms with van der Waals surface area (Å²) >= 11 is 0. The van der Waals surface area contributed by atoms with E-state index >= 15 is 0 Å². The SMILES string of the molecule is Cc1cccc(N=C(NC(=O)c2ccccc2)N2CCN(c3cc(C)ccc3C)CC2)c1. The molecule has 3 aromatic rings. The third kappa shape index (κ3) is 5.17. The van der Waals surface area contributed by atoms with Gasteiger partial charge in [0, 0.05) is 37.4 Å². The molecule has 0 radical (unpaired) electrons. The number of amides is 1. The Bertz CT molecular complexity index is 1120. The van der Waals surface area contributed by atoms with Gasteiger partial charge >= 0.3 is 0 Å². The Balaban J connectivity index is 1.55. The Morgan fingerprint density at radius 1 is 0.812 bits per heavy atom. The summed E-state index contributed by atoms with van der Waals surface area (Å²) in [5, 5.41) is 3.06. The molecule has 4 rings (SSSR count). The number of piperazine rings is 1. The van der Waals surface area contributed by atoms with Gasteiger partial charge < -0.3 is 9.80 Å². The molecule has 0 unspecified atom stereocenters. The molecule has 1 aliphatic rings. The van der Waals surface area contributed by atoms with Gasteiger partial charge in [-0.15, -0.1) is 0 Å². The van der Waals surface area contributed by atoms with Crippen LogP contribution in [0, 0.1) is 20.8 Å². The molecular weight excluding hydrogens is 396 g/mol. The molecule has 5 heteroatoms. The summed E-state index contributed by atoms with van der Waals surface area (Å²) in [4.78, 5) is 22.3. The number of aryl methyl sites for hydroxylation is 3. The van der Waals surface area contributed by atoms with Gasteiger partial charge in [0.1, 0.15) is 0 Å². The maximum Gasteiger partial charge on any atom is 0.257 e. The average Bonchev–Trinajstić information content (AvgIpc) is 2.81. The Morgan fingerprint density at radius 3 is 2.25 bits per heavy atom. The summed E-state index contributed by atoms with van der Waals surface area (Å²) in [5.74, 6) is 0.457. The molecule has 0 atom stereocenters. The van der Waals surface area contributed by atoms with E-state index in [2.05, 4.69) is 47.2 Å². The van der Waals surface area contributed by atoms with Crippen molar-refractivity contribution in [1.29, 1.82) is 0 Å². The molecule has 1 heterocycles. The van der Waals surface area contributed by atoms with Gasteiger partial charge in [-0.25, -0.2) is 4.99 Å². The van der Waals surface area contributed by atoms with Gasteiger partial charge in [-0.3, -0.25) is 10.1 Å². The van der Waals surface area contributed by atoms with E-state index in [9.17, 15) is 4.79 Å². The summed E-state index contributed by atoms with van der Waals surface area (Å²) in [6.07, 6.45) is 0. The number of guanidine groups is 1. The lowest BCUT2D eigenvalue weighted by Crippen LogP contribution is -2.53. The summed E-state index contributed by atoms with van der Waals surface area (Å²) in [5.41, 5.74) is 6.44. The second-order valence-electron chi connectivity index (χ2n) is 8.36. The fourth-order valence-electron chi connectivity index (χ4n) is 3.98. The maximum absolute atomic E-state index is 12.9. The van der Waals surface area contributed by atoms with E-state index in [1.807, 2.05) is 61.5 Å². The number of nitrogens with zero attached hydrogens (tertiary/aromatic N) is 3. The normalized spacial score (nSPS) is 14.4. The fraction of sp³-hybridized carbons (Fsp3) is 0.259. The summed E-state index contributed by atoms with van der Waals surface area (Å²) < 4.78 is 0. The van der Waals surface area contributed by atoms with Crippen LogP contribution >= 0.6 is 0 Å². The number of anilines is 1. The monoisotopic (exact) mass is 426 g/mol. The number of hydrogen-bond donors (Lipinski definition) is 1. The van der Waals surface area contributed by atoms with Crippen molar-refractivity contribution in [2.24, 2.45) is 4.99 Å². The number of carbonyl (C=O) groups excluding carboxylic acids is 1. The Kier molecular flexibility index (Phi) is 6.55. The van der Waals surface area contributed by atoms with E-state index < -0.39 is 0 Å². The number of hydrogen-bond acceptors (Lipinski definition) is 3. The predicted octanol–water partition coefficient (Wildman–Crippen LogP) is 4.85. The molecule has 32 heavy (non-hydrogen) atoms. The van der Waals surface area contributed by atoms with Crippen molar-refractivity contribution >= 4 is 23.2 Å². The second-order valence-corrected chi connectivity index (χ2v) is 8.36. The van der Waals surface area contributed by atoms with Crippen LogP contribution in [0.1, 0.15) is 27.0 Å². The first-order chi connectivity index (χ1) is 15.5. The van der Waals surface area contributed by atoms with E-state index in [0.717, 1.165) is 37.4 Å². The van der Waals surface area contributed by atoms with Crippen molar-refractivity contribution in [1.82, 2.24) is 10.2 Å². The molecule has 1 N–H and O–H groups in total. The van der Waals surface area contributed by atoms with Gasteiger partial charge in [0.2, 0.25) is 5.96 Å². The van der Waals surface area contributed by atoms with Crippen molar-refractivity contribution in [2.75, 3.05) is 31.1 Å². The summed E-state index contributed by atoms with van der Waals surface area (Å²) in [7, 11) is 0. The van der Waals surface area contributed by atoms with Gasteiger partial charge in [0.15, 0.2) is 0 Å². The Labute approximate surface area is 190 Å². The second kappa shape index (κ2) is 9.69.